The quantitative estimate of drug-likeness (QED) is 0.499. The molecule has 1 fully saturated rings. The molecule has 3 heteroatoms. The third-order valence-corrected chi connectivity index (χ3v) is 4.03. The van der Waals surface area contributed by atoms with Crippen LogP contribution in [0.2, 0.25) is 0 Å². The molecule has 0 aromatic rings. The van der Waals surface area contributed by atoms with Crippen molar-refractivity contribution in [1.82, 2.24) is 0 Å². The van der Waals surface area contributed by atoms with Gasteiger partial charge in [-0.2, -0.15) is 12.6 Å². The number of fused-ring (bicyclic) bond motifs is 3. The molecule has 0 radical (unpaired) electrons. The van der Waals surface area contributed by atoms with Crippen LogP contribution < -0.4 is 0 Å². The van der Waals surface area contributed by atoms with Gasteiger partial charge in [-0.25, -0.2) is 0 Å². The van der Waals surface area contributed by atoms with Crippen LogP contribution in [0, 0.1) is 17.8 Å². The summed E-state index contributed by atoms with van der Waals surface area (Å²) in [4.78, 5) is 11.0. The van der Waals surface area contributed by atoms with Crippen molar-refractivity contribution in [3.8, 4) is 0 Å². The Morgan fingerprint density at radius 1 is 1.46 bits per heavy atom. The number of carbonyl (C=O) groups is 1. The highest BCUT2D eigenvalue weighted by Gasteiger charge is 2.41. The normalized spacial score (nSPS) is 43.2. The lowest BCUT2D eigenvalue weighted by molar-refractivity contribution is -0.144. The highest BCUT2D eigenvalue weighted by molar-refractivity contribution is 7.81. The van der Waals surface area contributed by atoms with Crippen molar-refractivity contribution >= 4 is 18.6 Å². The van der Waals surface area contributed by atoms with Crippen LogP contribution in [-0.2, 0) is 4.79 Å². The van der Waals surface area contributed by atoms with Crippen molar-refractivity contribution in [1.29, 1.82) is 0 Å². The molecule has 0 aromatic heterocycles. The van der Waals surface area contributed by atoms with Gasteiger partial charge in [0.1, 0.15) is 0 Å². The number of rotatable bonds is 1. The summed E-state index contributed by atoms with van der Waals surface area (Å²) in [7, 11) is 0. The van der Waals surface area contributed by atoms with Gasteiger partial charge in [-0.3, -0.25) is 4.79 Å². The molecule has 2 nitrogen and oxygen atoms in total. The van der Waals surface area contributed by atoms with E-state index in [0.717, 1.165) is 19.3 Å². The SMILES string of the molecule is O=C(O)C1C2C=CCC(CC2)C1S. The maximum Gasteiger partial charge on any atom is 0.308 e. The number of allylic oxidation sites excluding steroid dienone is 2. The molecule has 0 heterocycles. The van der Waals surface area contributed by atoms with Gasteiger partial charge in [0.2, 0.25) is 0 Å². The number of carboxylic acid groups (broad SMARTS) is 1. The lowest BCUT2D eigenvalue weighted by Gasteiger charge is -2.34. The van der Waals surface area contributed by atoms with Crippen LogP contribution in [0.1, 0.15) is 19.3 Å². The van der Waals surface area contributed by atoms with Crippen molar-refractivity contribution in [2.24, 2.45) is 17.8 Å². The monoisotopic (exact) mass is 198 g/mol. The van der Waals surface area contributed by atoms with Crippen molar-refractivity contribution in [3.05, 3.63) is 12.2 Å². The number of hydrogen-bond donors (Lipinski definition) is 2. The number of thiol groups is 1. The third-order valence-electron chi connectivity index (χ3n) is 3.29. The van der Waals surface area contributed by atoms with E-state index in [0.29, 0.717) is 5.92 Å². The summed E-state index contributed by atoms with van der Waals surface area (Å²) in [6.45, 7) is 0. The minimum absolute atomic E-state index is 0.0475. The van der Waals surface area contributed by atoms with Gasteiger partial charge in [0.05, 0.1) is 5.92 Å². The summed E-state index contributed by atoms with van der Waals surface area (Å²) in [5.74, 6) is -0.250. The molecule has 0 spiro atoms. The van der Waals surface area contributed by atoms with Crippen LogP contribution in [0.15, 0.2) is 12.2 Å². The van der Waals surface area contributed by atoms with E-state index < -0.39 is 5.97 Å². The Kier molecular flexibility index (Phi) is 2.37. The van der Waals surface area contributed by atoms with E-state index >= 15 is 0 Å². The van der Waals surface area contributed by atoms with Crippen LogP contribution in [0.5, 0.6) is 0 Å². The molecule has 0 aliphatic heterocycles. The minimum atomic E-state index is -0.679. The molecule has 4 atom stereocenters. The zero-order valence-corrected chi connectivity index (χ0v) is 8.28. The summed E-state index contributed by atoms with van der Waals surface area (Å²) in [6, 6.07) is 0. The van der Waals surface area contributed by atoms with Gasteiger partial charge < -0.3 is 5.11 Å². The Bertz CT molecular complexity index is 249. The average molecular weight is 198 g/mol. The first-order valence-corrected chi connectivity index (χ1v) is 5.29. The third kappa shape index (κ3) is 1.50. The summed E-state index contributed by atoms with van der Waals surface area (Å²) in [6.07, 6.45) is 7.38. The van der Waals surface area contributed by atoms with Gasteiger partial charge >= 0.3 is 5.97 Å². The van der Waals surface area contributed by atoms with Gasteiger partial charge in [-0.05, 0) is 31.1 Å². The molecule has 2 bridgehead atoms. The van der Waals surface area contributed by atoms with Crippen molar-refractivity contribution in [2.75, 3.05) is 0 Å². The lowest BCUT2D eigenvalue weighted by atomic mass is 9.75. The number of carboxylic acids is 1. The minimum Gasteiger partial charge on any atom is -0.481 e. The van der Waals surface area contributed by atoms with E-state index in [1.54, 1.807) is 0 Å². The predicted octanol–water partition coefficient (Wildman–Crippen LogP) is 1.97. The van der Waals surface area contributed by atoms with Gasteiger partial charge in [-0.1, -0.05) is 12.2 Å². The van der Waals surface area contributed by atoms with Crippen LogP contribution in [0.4, 0.5) is 0 Å². The van der Waals surface area contributed by atoms with Crippen molar-refractivity contribution in [2.45, 2.75) is 24.5 Å². The van der Waals surface area contributed by atoms with Gasteiger partial charge in [0.15, 0.2) is 0 Å². The smallest absolute Gasteiger partial charge is 0.308 e. The second-order valence-electron chi connectivity index (χ2n) is 4.02. The molecular formula is C10H14O2S. The molecule has 72 valence electrons. The van der Waals surface area contributed by atoms with Gasteiger partial charge in [-0.15, -0.1) is 0 Å². The Balaban J connectivity index is 2.27. The highest BCUT2D eigenvalue weighted by atomic mass is 32.1. The topological polar surface area (TPSA) is 37.3 Å². The second kappa shape index (κ2) is 3.37. The standard InChI is InChI=1S/C10H14O2S/c11-10(12)8-6-2-1-3-7(5-4-6)9(8)13/h1-2,6-9,13H,3-5H2,(H,11,12). The summed E-state index contributed by atoms with van der Waals surface area (Å²) in [5.41, 5.74) is 0. The van der Waals surface area contributed by atoms with Crippen molar-refractivity contribution in [3.63, 3.8) is 0 Å². The molecule has 3 aliphatic carbocycles. The molecule has 0 amide bonds. The Morgan fingerprint density at radius 3 is 2.92 bits per heavy atom. The lowest BCUT2D eigenvalue weighted by Crippen LogP contribution is -2.38. The van der Waals surface area contributed by atoms with Crippen LogP contribution in [0.25, 0.3) is 0 Å². The van der Waals surface area contributed by atoms with E-state index in [4.69, 9.17) is 5.11 Å². The summed E-state index contributed by atoms with van der Waals surface area (Å²) in [5, 5.41) is 9.12. The number of hydrogen-bond acceptors (Lipinski definition) is 2. The van der Waals surface area contributed by atoms with Crippen LogP contribution in [-0.4, -0.2) is 16.3 Å². The van der Waals surface area contributed by atoms with Gasteiger partial charge in [0, 0.05) is 5.25 Å². The van der Waals surface area contributed by atoms with Crippen LogP contribution in [0.3, 0.4) is 0 Å². The maximum absolute atomic E-state index is 11.0. The first-order chi connectivity index (χ1) is 6.20. The van der Waals surface area contributed by atoms with E-state index in [2.05, 4.69) is 24.8 Å². The molecule has 0 saturated heterocycles. The Labute approximate surface area is 83.4 Å². The fourth-order valence-electron chi connectivity index (χ4n) is 2.53. The largest absolute Gasteiger partial charge is 0.481 e. The fraction of sp³-hybridized carbons (Fsp3) is 0.700. The first kappa shape index (κ1) is 9.13. The fourth-order valence-corrected chi connectivity index (χ4v) is 3.15. The van der Waals surface area contributed by atoms with E-state index in [-0.39, 0.29) is 17.1 Å². The van der Waals surface area contributed by atoms with Gasteiger partial charge in [0.25, 0.3) is 0 Å². The van der Waals surface area contributed by atoms with Crippen LogP contribution >= 0.6 is 12.6 Å². The van der Waals surface area contributed by atoms with E-state index in [1.165, 1.54) is 0 Å². The molecule has 3 rings (SSSR count). The van der Waals surface area contributed by atoms with Crippen molar-refractivity contribution < 1.29 is 9.90 Å². The first-order valence-electron chi connectivity index (χ1n) is 4.77. The Morgan fingerprint density at radius 2 is 2.23 bits per heavy atom. The van der Waals surface area contributed by atoms with E-state index in [9.17, 15) is 4.79 Å². The zero-order valence-electron chi connectivity index (χ0n) is 7.39. The maximum atomic E-state index is 11.0. The predicted molar refractivity (Wildman–Crippen MR) is 53.9 cm³/mol. The number of aliphatic carboxylic acids is 1. The summed E-state index contributed by atoms with van der Waals surface area (Å²) < 4.78 is 0. The molecule has 1 N–H and O–H groups in total. The Hall–Kier alpha value is -0.440. The molecule has 4 unspecified atom stereocenters. The van der Waals surface area contributed by atoms with E-state index in [1.807, 2.05) is 0 Å². The highest BCUT2D eigenvalue weighted by Crippen LogP contribution is 2.42. The second-order valence-corrected chi connectivity index (χ2v) is 4.62. The average Bonchev–Trinajstić information content (AvgIpc) is 2.36. The summed E-state index contributed by atoms with van der Waals surface area (Å²) >= 11 is 4.45. The molecule has 3 aliphatic rings. The molecular weight excluding hydrogens is 184 g/mol. The molecule has 1 saturated carbocycles. The zero-order chi connectivity index (χ0) is 9.42. The molecule has 0 aromatic carbocycles. The molecule has 13 heavy (non-hydrogen) atoms.